The number of benzene rings is 1. The van der Waals surface area contributed by atoms with Crippen molar-refractivity contribution < 1.29 is 4.79 Å². The summed E-state index contributed by atoms with van der Waals surface area (Å²) in [5.74, 6) is 2.05. The topological polar surface area (TPSA) is 131 Å². The first-order chi connectivity index (χ1) is 18.1. The number of aldehydes is 1. The van der Waals surface area contributed by atoms with Gasteiger partial charge in [-0.05, 0) is 68.2 Å². The van der Waals surface area contributed by atoms with Crippen molar-refractivity contribution in [2.45, 2.75) is 44.9 Å². The lowest BCUT2D eigenvalue weighted by molar-refractivity contribution is -0.108. The second-order valence-electron chi connectivity index (χ2n) is 9.97. The summed E-state index contributed by atoms with van der Waals surface area (Å²) in [6, 6.07) is 10.5. The maximum absolute atomic E-state index is 12.6. The molecule has 0 spiro atoms. The Morgan fingerprint density at radius 2 is 1.73 bits per heavy atom. The van der Waals surface area contributed by atoms with Crippen LogP contribution in [-0.2, 0) is 4.79 Å². The van der Waals surface area contributed by atoms with Crippen LogP contribution in [-0.4, -0.2) is 52.6 Å². The van der Waals surface area contributed by atoms with E-state index in [9.17, 15) is 9.59 Å². The SMILES string of the molecule is N#CCC1CCN(c2nc(Nc3ccc(N4CCC(CCC=O)CC4)cc3)c3c(=O)[nH]ncc3n2)CC1. The van der Waals surface area contributed by atoms with Gasteiger partial charge >= 0.3 is 0 Å². The number of piperidine rings is 2. The minimum Gasteiger partial charge on any atom is -0.372 e. The Labute approximate surface area is 215 Å². The number of H-pyrrole nitrogens is 1. The zero-order chi connectivity index (χ0) is 25.6. The molecule has 0 aliphatic carbocycles. The Morgan fingerprint density at radius 3 is 2.43 bits per heavy atom. The number of fused-ring (bicyclic) bond motifs is 1. The third-order valence-corrected chi connectivity index (χ3v) is 7.59. The van der Waals surface area contributed by atoms with E-state index in [-0.39, 0.29) is 5.56 Å². The monoisotopic (exact) mass is 500 g/mol. The van der Waals surface area contributed by atoms with Crippen LogP contribution in [0.15, 0.2) is 35.3 Å². The van der Waals surface area contributed by atoms with Crippen LogP contribution < -0.4 is 20.7 Å². The molecule has 5 rings (SSSR count). The maximum atomic E-state index is 12.6. The number of nitrogens with one attached hydrogen (secondary N) is 2. The van der Waals surface area contributed by atoms with E-state index in [1.54, 1.807) is 6.20 Å². The number of aromatic amines is 1. The van der Waals surface area contributed by atoms with Gasteiger partial charge in [0.05, 0.1) is 12.3 Å². The van der Waals surface area contributed by atoms with Crippen LogP contribution in [0.1, 0.15) is 44.9 Å². The normalized spacial score (nSPS) is 17.1. The van der Waals surface area contributed by atoms with Crippen LogP contribution in [0.25, 0.3) is 10.9 Å². The Bertz CT molecular complexity index is 1320. The summed E-state index contributed by atoms with van der Waals surface area (Å²) < 4.78 is 0. The van der Waals surface area contributed by atoms with Crippen molar-refractivity contribution in [2.75, 3.05) is 41.3 Å². The van der Waals surface area contributed by atoms with Crippen molar-refractivity contribution in [2.24, 2.45) is 11.8 Å². The van der Waals surface area contributed by atoms with Crippen LogP contribution >= 0.6 is 0 Å². The number of rotatable bonds is 8. The second kappa shape index (κ2) is 11.4. The van der Waals surface area contributed by atoms with E-state index in [1.807, 2.05) is 12.1 Å². The number of aromatic nitrogens is 4. The van der Waals surface area contributed by atoms with Crippen molar-refractivity contribution in [3.05, 3.63) is 40.8 Å². The molecule has 4 heterocycles. The fourth-order valence-electron chi connectivity index (χ4n) is 5.37. The fraction of sp³-hybridized carbons (Fsp3) is 0.481. The predicted molar refractivity (Wildman–Crippen MR) is 143 cm³/mol. The molecule has 0 atom stereocenters. The molecule has 2 aliphatic heterocycles. The van der Waals surface area contributed by atoms with E-state index in [0.29, 0.717) is 47.3 Å². The molecular weight excluding hydrogens is 468 g/mol. The highest BCUT2D eigenvalue weighted by molar-refractivity contribution is 5.90. The molecule has 0 bridgehead atoms. The Balaban J connectivity index is 1.33. The Morgan fingerprint density at radius 1 is 1.03 bits per heavy atom. The standard InChI is InChI=1S/C27H32N8O2/c28-12-7-20-10-15-35(16-11-20)27-31-23-18-29-33-26(37)24(23)25(32-27)30-21-3-5-22(6-4-21)34-13-8-19(9-14-34)2-1-17-36/h3-6,17-20H,1-2,7-11,13-16H2,(H,33,37)(H,30,31,32). The molecule has 2 N–H and O–H groups in total. The smallest absolute Gasteiger partial charge is 0.277 e. The van der Waals surface area contributed by atoms with Gasteiger partial charge in [-0.15, -0.1) is 0 Å². The third-order valence-electron chi connectivity index (χ3n) is 7.59. The lowest BCUT2D eigenvalue weighted by Crippen LogP contribution is -2.35. The molecule has 2 fully saturated rings. The van der Waals surface area contributed by atoms with Crippen molar-refractivity contribution in [1.82, 2.24) is 20.2 Å². The summed E-state index contributed by atoms with van der Waals surface area (Å²) in [5.41, 5.74) is 2.15. The first-order valence-electron chi connectivity index (χ1n) is 13.1. The molecule has 10 heteroatoms. The van der Waals surface area contributed by atoms with Crippen LogP contribution in [0.5, 0.6) is 0 Å². The number of hydrogen-bond donors (Lipinski definition) is 2. The van der Waals surface area contributed by atoms with Gasteiger partial charge in [-0.25, -0.2) is 10.1 Å². The van der Waals surface area contributed by atoms with Gasteiger partial charge in [0.2, 0.25) is 5.95 Å². The molecule has 2 aliphatic rings. The summed E-state index contributed by atoms with van der Waals surface area (Å²) in [7, 11) is 0. The average molecular weight is 501 g/mol. The largest absolute Gasteiger partial charge is 0.372 e. The molecule has 0 amide bonds. The van der Waals surface area contributed by atoms with Gasteiger partial charge < -0.3 is 19.9 Å². The van der Waals surface area contributed by atoms with E-state index in [0.717, 1.165) is 75.9 Å². The molecule has 0 unspecified atom stereocenters. The van der Waals surface area contributed by atoms with E-state index in [1.165, 1.54) is 0 Å². The van der Waals surface area contributed by atoms with E-state index < -0.39 is 0 Å². The van der Waals surface area contributed by atoms with Gasteiger partial charge in [0, 0.05) is 50.4 Å². The van der Waals surface area contributed by atoms with Gasteiger partial charge in [-0.3, -0.25) is 4.79 Å². The Hall–Kier alpha value is -4.00. The van der Waals surface area contributed by atoms with Gasteiger partial charge in [0.1, 0.15) is 23.0 Å². The number of anilines is 4. The predicted octanol–water partition coefficient (Wildman–Crippen LogP) is 3.78. The highest BCUT2D eigenvalue weighted by Gasteiger charge is 2.23. The molecular formula is C27H32N8O2. The number of nitriles is 1. The van der Waals surface area contributed by atoms with Crippen molar-refractivity contribution in [3.63, 3.8) is 0 Å². The molecule has 2 aromatic heterocycles. The summed E-state index contributed by atoms with van der Waals surface area (Å²) >= 11 is 0. The molecule has 0 saturated carbocycles. The lowest BCUT2D eigenvalue weighted by atomic mass is 9.92. The number of nitrogens with zero attached hydrogens (tertiary/aromatic N) is 6. The summed E-state index contributed by atoms with van der Waals surface area (Å²) in [6.07, 6.45) is 8.84. The summed E-state index contributed by atoms with van der Waals surface area (Å²) in [5, 5.41) is 19.1. The molecule has 0 radical (unpaired) electrons. The van der Waals surface area contributed by atoms with E-state index >= 15 is 0 Å². The van der Waals surface area contributed by atoms with Gasteiger partial charge in [-0.2, -0.15) is 15.3 Å². The molecule has 1 aromatic carbocycles. The zero-order valence-corrected chi connectivity index (χ0v) is 20.9. The van der Waals surface area contributed by atoms with Crippen LogP contribution in [0.3, 0.4) is 0 Å². The quantitative estimate of drug-likeness (QED) is 0.444. The molecule has 10 nitrogen and oxygen atoms in total. The van der Waals surface area contributed by atoms with Gasteiger partial charge in [0.25, 0.3) is 5.56 Å². The van der Waals surface area contributed by atoms with Crippen molar-refractivity contribution in [3.8, 4) is 6.07 Å². The number of carbonyl (C=O) groups excluding carboxylic acids is 1. The summed E-state index contributed by atoms with van der Waals surface area (Å²) in [6.45, 7) is 3.52. The molecule has 37 heavy (non-hydrogen) atoms. The van der Waals surface area contributed by atoms with Crippen molar-refractivity contribution in [1.29, 1.82) is 5.26 Å². The number of carbonyl (C=O) groups is 1. The van der Waals surface area contributed by atoms with E-state index in [2.05, 4.69) is 48.5 Å². The minimum absolute atomic E-state index is 0.339. The summed E-state index contributed by atoms with van der Waals surface area (Å²) in [4.78, 5) is 37.2. The highest BCUT2D eigenvalue weighted by atomic mass is 16.1. The number of hydrogen-bond acceptors (Lipinski definition) is 9. The zero-order valence-electron chi connectivity index (χ0n) is 20.9. The average Bonchev–Trinajstić information content (AvgIpc) is 2.93. The van der Waals surface area contributed by atoms with Crippen LogP contribution in [0.4, 0.5) is 23.1 Å². The minimum atomic E-state index is -0.339. The maximum Gasteiger partial charge on any atom is 0.277 e. The van der Waals surface area contributed by atoms with Gasteiger partial charge in [0.15, 0.2) is 0 Å². The molecule has 3 aromatic rings. The first-order valence-corrected chi connectivity index (χ1v) is 13.1. The second-order valence-corrected chi connectivity index (χ2v) is 9.97. The Kier molecular flexibility index (Phi) is 7.59. The van der Waals surface area contributed by atoms with Gasteiger partial charge in [-0.1, -0.05) is 0 Å². The van der Waals surface area contributed by atoms with Crippen LogP contribution in [0.2, 0.25) is 0 Å². The van der Waals surface area contributed by atoms with E-state index in [4.69, 9.17) is 10.2 Å². The lowest BCUT2D eigenvalue weighted by Gasteiger charge is -2.33. The van der Waals surface area contributed by atoms with Crippen molar-refractivity contribution >= 4 is 40.3 Å². The fourth-order valence-corrected chi connectivity index (χ4v) is 5.37. The highest BCUT2D eigenvalue weighted by Crippen LogP contribution is 2.30. The molecule has 2 saturated heterocycles. The van der Waals surface area contributed by atoms with Crippen LogP contribution in [0, 0.1) is 23.2 Å². The molecule has 192 valence electrons. The third kappa shape index (κ3) is 5.71. The first kappa shape index (κ1) is 24.7.